The van der Waals surface area contributed by atoms with Crippen molar-refractivity contribution in [2.75, 3.05) is 12.8 Å². The summed E-state index contributed by atoms with van der Waals surface area (Å²) in [7, 11) is 1.62. The van der Waals surface area contributed by atoms with Gasteiger partial charge in [-0.25, -0.2) is 4.98 Å². The van der Waals surface area contributed by atoms with Crippen molar-refractivity contribution in [3.8, 4) is 5.75 Å². The van der Waals surface area contributed by atoms with E-state index in [1.165, 1.54) is 6.20 Å². The summed E-state index contributed by atoms with van der Waals surface area (Å²) in [4.78, 5) is 20.6. The van der Waals surface area contributed by atoms with Crippen molar-refractivity contribution in [2.24, 2.45) is 0 Å². The summed E-state index contributed by atoms with van der Waals surface area (Å²) in [6.07, 6.45) is 4.86. The van der Waals surface area contributed by atoms with Crippen LogP contribution in [0.5, 0.6) is 5.75 Å². The molecular formula is C19H18N4O2. The van der Waals surface area contributed by atoms with Crippen LogP contribution >= 0.6 is 0 Å². The summed E-state index contributed by atoms with van der Waals surface area (Å²) in [6.45, 7) is 0. The van der Waals surface area contributed by atoms with Crippen LogP contribution in [0.25, 0.3) is 0 Å². The first kappa shape index (κ1) is 16.4. The predicted octanol–water partition coefficient (Wildman–Crippen LogP) is 2.59. The maximum absolute atomic E-state index is 12.6. The van der Waals surface area contributed by atoms with Gasteiger partial charge in [-0.15, -0.1) is 0 Å². The van der Waals surface area contributed by atoms with E-state index in [2.05, 4.69) is 15.3 Å². The Morgan fingerprint density at radius 1 is 1.04 bits per heavy atom. The van der Waals surface area contributed by atoms with E-state index in [0.29, 0.717) is 11.4 Å². The molecule has 0 bridgehead atoms. The second-order valence-corrected chi connectivity index (χ2v) is 5.43. The second kappa shape index (κ2) is 7.44. The Balaban J connectivity index is 1.90. The van der Waals surface area contributed by atoms with Crippen molar-refractivity contribution in [2.45, 2.75) is 6.04 Å². The molecule has 0 spiro atoms. The van der Waals surface area contributed by atoms with E-state index in [1.807, 2.05) is 36.4 Å². The molecule has 3 rings (SSSR count). The molecule has 1 aromatic carbocycles. The van der Waals surface area contributed by atoms with Gasteiger partial charge in [0.1, 0.15) is 11.6 Å². The number of hydrogen-bond acceptors (Lipinski definition) is 5. The monoisotopic (exact) mass is 334 g/mol. The molecule has 0 aliphatic rings. The molecule has 0 saturated carbocycles. The number of aromatic nitrogens is 2. The van der Waals surface area contributed by atoms with Gasteiger partial charge in [0, 0.05) is 18.6 Å². The molecule has 1 amide bonds. The molecule has 1 unspecified atom stereocenters. The van der Waals surface area contributed by atoms with E-state index in [4.69, 9.17) is 10.5 Å². The fraction of sp³-hybridized carbons (Fsp3) is 0.105. The summed E-state index contributed by atoms with van der Waals surface area (Å²) >= 11 is 0. The van der Waals surface area contributed by atoms with Crippen LogP contribution in [-0.4, -0.2) is 23.0 Å². The maximum atomic E-state index is 12.6. The van der Waals surface area contributed by atoms with Gasteiger partial charge in [0.25, 0.3) is 5.91 Å². The van der Waals surface area contributed by atoms with Gasteiger partial charge in [0.15, 0.2) is 0 Å². The average molecular weight is 334 g/mol. The lowest BCUT2D eigenvalue weighted by atomic mass is 9.99. The zero-order valence-electron chi connectivity index (χ0n) is 13.7. The minimum atomic E-state index is -0.320. The number of carbonyl (C=O) groups excluding carboxylic acids is 1. The first-order valence-electron chi connectivity index (χ1n) is 7.73. The molecule has 0 saturated heterocycles. The van der Waals surface area contributed by atoms with Crippen LogP contribution in [0.2, 0.25) is 0 Å². The van der Waals surface area contributed by atoms with Crippen molar-refractivity contribution >= 4 is 11.7 Å². The third-order valence-electron chi connectivity index (χ3n) is 3.81. The van der Waals surface area contributed by atoms with Gasteiger partial charge in [-0.3, -0.25) is 9.78 Å². The van der Waals surface area contributed by atoms with Gasteiger partial charge >= 0.3 is 0 Å². The Morgan fingerprint density at radius 3 is 2.32 bits per heavy atom. The molecule has 2 heterocycles. The smallest absolute Gasteiger partial charge is 0.253 e. The lowest BCUT2D eigenvalue weighted by molar-refractivity contribution is 0.0942. The maximum Gasteiger partial charge on any atom is 0.253 e. The highest BCUT2D eigenvalue weighted by Gasteiger charge is 2.18. The topological polar surface area (TPSA) is 90.1 Å². The molecule has 6 heteroatoms. The summed E-state index contributed by atoms with van der Waals surface area (Å²) in [5, 5.41) is 3.03. The van der Waals surface area contributed by atoms with Crippen molar-refractivity contribution in [3.63, 3.8) is 0 Å². The van der Waals surface area contributed by atoms with Crippen LogP contribution in [0.4, 0.5) is 5.82 Å². The van der Waals surface area contributed by atoms with Crippen molar-refractivity contribution in [1.82, 2.24) is 15.3 Å². The number of nitrogen functional groups attached to an aromatic ring is 1. The van der Waals surface area contributed by atoms with Crippen molar-refractivity contribution in [1.29, 1.82) is 0 Å². The molecule has 0 fully saturated rings. The molecule has 126 valence electrons. The van der Waals surface area contributed by atoms with Crippen LogP contribution in [0.1, 0.15) is 27.5 Å². The van der Waals surface area contributed by atoms with Crippen molar-refractivity contribution < 1.29 is 9.53 Å². The van der Waals surface area contributed by atoms with Gasteiger partial charge in [0.2, 0.25) is 0 Å². The normalized spacial score (nSPS) is 11.6. The minimum absolute atomic E-state index is 0.231. The van der Waals surface area contributed by atoms with E-state index in [0.717, 1.165) is 16.9 Å². The SMILES string of the molecule is COc1ccc(C(NC(=O)c2ccc(N)nc2)c2ccncc2)cc1. The number of anilines is 1. The molecule has 6 nitrogen and oxygen atoms in total. The lowest BCUT2D eigenvalue weighted by Crippen LogP contribution is -2.29. The Hall–Kier alpha value is -3.41. The van der Waals surface area contributed by atoms with Gasteiger partial charge in [0.05, 0.1) is 18.7 Å². The average Bonchev–Trinajstić information content (AvgIpc) is 2.67. The summed E-state index contributed by atoms with van der Waals surface area (Å²) < 4.78 is 5.20. The van der Waals surface area contributed by atoms with Crippen LogP contribution in [0.15, 0.2) is 67.1 Å². The van der Waals surface area contributed by atoms with Crippen LogP contribution in [0, 0.1) is 0 Å². The molecule has 3 N–H and O–H groups in total. The molecule has 3 aromatic rings. The third kappa shape index (κ3) is 3.92. The van der Waals surface area contributed by atoms with Crippen molar-refractivity contribution in [3.05, 3.63) is 83.8 Å². The standard InChI is InChI=1S/C19H18N4O2/c1-25-16-5-2-13(3-6-16)18(14-8-10-21-11-9-14)23-19(24)15-4-7-17(20)22-12-15/h2-12,18H,1H3,(H2,20,22)(H,23,24). The molecule has 25 heavy (non-hydrogen) atoms. The Kier molecular flexibility index (Phi) is 4.89. The number of methoxy groups -OCH3 is 1. The molecular weight excluding hydrogens is 316 g/mol. The Morgan fingerprint density at radius 2 is 1.72 bits per heavy atom. The molecule has 0 aliphatic heterocycles. The molecule has 0 aliphatic carbocycles. The summed E-state index contributed by atoms with van der Waals surface area (Å²) in [5.74, 6) is 0.897. The first-order chi connectivity index (χ1) is 12.2. The number of carbonyl (C=O) groups is 1. The van der Waals surface area contributed by atoms with Gasteiger partial charge in [-0.1, -0.05) is 12.1 Å². The Bertz CT molecular complexity index is 834. The van der Waals surface area contributed by atoms with E-state index >= 15 is 0 Å². The molecule has 0 radical (unpaired) electrons. The number of hydrogen-bond donors (Lipinski definition) is 2. The summed E-state index contributed by atoms with van der Waals surface area (Å²) in [5.41, 5.74) is 7.88. The van der Waals surface area contributed by atoms with Crippen LogP contribution in [-0.2, 0) is 0 Å². The Labute approximate surface area is 145 Å². The highest BCUT2D eigenvalue weighted by atomic mass is 16.5. The van der Waals surface area contributed by atoms with E-state index in [1.54, 1.807) is 31.6 Å². The predicted molar refractivity (Wildman–Crippen MR) is 95.2 cm³/mol. The van der Waals surface area contributed by atoms with E-state index < -0.39 is 0 Å². The number of rotatable bonds is 5. The number of pyridine rings is 2. The number of ether oxygens (including phenoxy) is 1. The lowest BCUT2D eigenvalue weighted by Gasteiger charge is -2.20. The zero-order valence-corrected chi connectivity index (χ0v) is 13.7. The number of nitrogens with two attached hydrogens (primary N) is 1. The van der Waals surface area contributed by atoms with Gasteiger partial charge in [-0.2, -0.15) is 0 Å². The van der Waals surface area contributed by atoms with Crippen LogP contribution < -0.4 is 15.8 Å². The summed E-state index contributed by atoms with van der Waals surface area (Å²) in [6, 6.07) is 14.2. The largest absolute Gasteiger partial charge is 0.497 e. The first-order valence-corrected chi connectivity index (χ1v) is 7.73. The minimum Gasteiger partial charge on any atom is -0.497 e. The highest BCUT2D eigenvalue weighted by Crippen LogP contribution is 2.24. The molecule has 1 atom stereocenters. The fourth-order valence-electron chi connectivity index (χ4n) is 2.47. The number of amides is 1. The van der Waals surface area contributed by atoms with Gasteiger partial charge in [-0.05, 0) is 47.5 Å². The molecule has 2 aromatic heterocycles. The number of nitrogens with zero attached hydrogens (tertiary/aromatic N) is 2. The second-order valence-electron chi connectivity index (χ2n) is 5.43. The third-order valence-corrected chi connectivity index (χ3v) is 3.81. The van der Waals surface area contributed by atoms with E-state index in [9.17, 15) is 4.79 Å². The van der Waals surface area contributed by atoms with Crippen LogP contribution in [0.3, 0.4) is 0 Å². The number of nitrogens with one attached hydrogen (secondary N) is 1. The van der Waals surface area contributed by atoms with E-state index in [-0.39, 0.29) is 11.9 Å². The number of benzene rings is 1. The quantitative estimate of drug-likeness (QED) is 0.748. The zero-order chi connectivity index (χ0) is 17.6. The highest BCUT2D eigenvalue weighted by molar-refractivity contribution is 5.94. The van der Waals surface area contributed by atoms with Gasteiger partial charge < -0.3 is 15.8 Å². The fourth-order valence-corrected chi connectivity index (χ4v) is 2.47.